The normalized spacial score (nSPS) is 10.7. The number of nitrogens with one attached hydrogen (secondary N) is 1. The number of amides is 1. The largest absolute Gasteiger partial charge is 0.324 e. The summed E-state index contributed by atoms with van der Waals surface area (Å²) in [5.41, 5.74) is 4.56. The van der Waals surface area contributed by atoms with Gasteiger partial charge in [-0.25, -0.2) is 9.36 Å². The molecule has 2 heterocycles. The third kappa shape index (κ3) is 4.00. The van der Waals surface area contributed by atoms with Crippen LogP contribution in [-0.4, -0.2) is 35.9 Å². The SMILES string of the molecule is Cc1ccccc1-c1ccc(=O)n(CC(=O)Nc2ccc(-n3cnnn3)c(C)c2)n1. The number of hydrogen-bond acceptors (Lipinski definition) is 6. The van der Waals surface area contributed by atoms with Gasteiger partial charge in [-0.3, -0.25) is 9.59 Å². The maximum atomic E-state index is 12.5. The molecule has 9 heteroatoms. The van der Waals surface area contributed by atoms with Crippen LogP contribution in [0.15, 0.2) is 65.7 Å². The second-order valence-electron chi connectivity index (χ2n) is 6.83. The lowest BCUT2D eigenvalue weighted by Crippen LogP contribution is -2.29. The fourth-order valence-electron chi connectivity index (χ4n) is 3.16. The van der Waals surface area contributed by atoms with Crippen molar-refractivity contribution in [3.05, 3.63) is 82.4 Å². The Labute approximate surface area is 172 Å². The van der Waals surface area contributed by atoms with Crippen molar-refractivity contribution in [2.75, 3.05) is 5.32 Å². The van der Waals surface area contributed by atoms with Crippen LogP contribution in [0.25, 0.3) is 16.9 Å². The van der Waals surface area contributed by atoms with Gasteiger partial charge in [0.05, 0.1) is 11.4 Å². The first-order valence-electron chi connectivity index (χ1n) is 9.29. The topological polar surface area (TPSA) is 108 Å². The Balaban J connectivity index is 1.52. The van der Waals surface area contributed by atoms with E-state index in [0.717, 1.165) is 22.4 Å². The van der Waals surface area contributed by atoms with Gasteiger partial charge in [0.25, 0.3) is 5.56 Å². The van der Waals surface area contributed by atoms with E-state index in [1.807, 2.05) is 50.2 Å². The number of benzene rings is 2. The number of aromatic nitrogens is 6. The first-order valence-corrected chi connectivity index (χ1v) is 9.29. The van der Waals surface area contributed by atoms with Gasteiger partial charge in [-0.1, -0.05) is 24.3 Å². The number of hydrogen-bond donors (Lipinski definition) is 1. The number of tetrazole rings is 1. The zero-order chi connectivity index (χ0) is 21.1. The highest BCUT2D eigenvalue weighted by molar-refractivity contribution is 5.90. The van der Waals surface area contributed by atoms with E-state index in [1.54, 1.807) is 16.8 Å². The lowest BCUT2D eigenvalue weighted by molar-refractivity contribution is -0.117. The van der Waals surface area contributed by atoms with E-state index in [-0.39, 0.29) is 18.0 Å². The molecule has 0 atom stereocenters. The predicted octanol–water partition coefficient (Wildman–Crippen LogP) is 2.14. The molecule has 0 unspecified atom stereocenters. The second kappa shape index (κ2) is 8.08. The van der Waals surface area contributed by atoms with Gasteiger partial charge in [0.15, 0.2) is 0 Å². The van der Waals surface area contributed by atoms with Gasteiger partial charge in [-0.05, 0) is 59.7 Å². The van der Waals surface area contributed by atoms with Crippen LogP contribution in [0, 0.1) is 13.8 Å². The summed E-state index contributed by atoms with van der Waals surface area (Å²) in [6.45, 7) is 3.68. The molecule has 1 N–H and O–H groups in total. The number of aryl methyl sites for hydroxylation is 2. The summed E-state index contributed by atoms with van der Waals surface area (Å²) in [4.78, 5) is 24.7. The third-order valence-electron chi connectivity index (χ3n) is 4.66. The highest BCUT2D eigenvalue weighted by Gasteiger charge is 2.11. The van der Waals surface area contributed by atoms with Crippen molar-refractivity contribution in [3.8, 4) is 16.9 Å². The number of nitrogens with zero attached hydrogens (tertiary/aromatic N) is 6. The molecule has 0 fully saturated rings. The Morgan fingerprint density at radius 3 is 2.60 bits per heavy atom. The fourth-order valence-corrected chi connectivity index (χ4v) is 3.16. The summed E-state index contributed by atoms with van der Waals surface area (Å²) < 4.78 is 2.71. The van der Waals surface area contributed by atoms with E-state index in [1.165, 1.54) is 17.1 Å². The molecular formula is C21H19N7O2. The van der Waals surface area contributed by atoms with Crippen molar-refractivity contribution in [1.29, 1.82) is 0 Å². The van der Waals surface area contributed by atoms with E-state index in [0.29, 0.717) is 11.4 Å². The van der Waals surface area contributed by atoms with Crippen molar-refractivity contribution in [3.63, 3.8) is 0 Å². The Kier molecular flexibility index (Phi) is 5.17. The molecule has 0 spiro atoms. The third-order valence-corrected chi connectivity index (χ3v) is 4.66. The maximum Gasteiger partial charge on any atom is 0.267 e. The van der Waals surface area contributed by atoms with Crippen LogP contribution in [0.3, 0.4) is 0 Å². The number of carbonyl (C=O) groups excluding carboxylic acids is 1. The molecule has 2 aromatic carbocycles. The molecule has 0 aliphatic carbocycles. The summed E-state index contributed by atoms with van der Waals surface area (Å²) in [6.07, 6.45) is 1.50. The van der Waals surface area contributed by atoms with Gasteiger partial charge in [0.2, 0.25) is 5.91 Å². The standard InChI is InChI=1S/C21H19N7O2/c1-14-5-3-4-6-17(14)18-8-10-21(30)27(24-18)12-20(29)23-16-7-9-19(15(2)11-16)28-13-22-25-26-28/h3-11,13H,12H2,1-2H3,(H,23,29). The lowest BCUT2D eigenvalue weighted by Gasteiger charge is -2.11. The van der Waals surface area contributed by atoms with Crippen molar-refractivity contribution < 1.29 is 4.79 Å². The van der Waals surface area contributed by atoms with Crippen molar-refractivity contribution in [1.82, 2.24) is 30.0 Å². The number of rotatable bonds is 5. The van der Waals surface area contributed by atoms with Crippen LogP contribution >= 0.6 is 0 Å². The van der Waals surface area contributed by atoms with E-state index >= 15 is 0 Å². The Morgan fingerprint density at radius 1 is 1.03 bits per heavy atom. The van der Waals surface area contributed by atoms with Gasteiger partial charge in [0.1, 0.15) is 12.9 Å². The Morgan fingerprint density at radius 2 is 1.87 bits per heavy atom. The summed E-state index contributed by atoms with van der Waals surface area (Å²) in [5.74, 6) is -0.346. The lowest BCUT2D eigenvalue weighted by atomic mass is 10.1. The molecular weight excluding hydrogens is 382 g/mol. The highest BCUT2D eigenvalue weighted by atomic mass is 16.2. The number of carbonyl (C=O) groups is 1. The molecule has 0 aliphatic heterocycles. The van der Waals surface area contributed by atoms with Gasteiger partial charge >= 0.3 is 0 Å². The maximum absolute atomic E-state index is 12.5. The predicted molar refractivity (Wildman–Crippen MR) is 111 cm³/mol. The first-order chi connectivity index (χ1) is 14.5. The zero-order valence-corrected chi connectivity index (χ0v) is 16.5. The molecule has 4 rings (SSSR count). The van der Waals surface area contributed by atoms with Crippen LogP contribution in [0.4, 0.5) is 5.69 Å². The van der Waals surface area contributed by atoms with Crippen LogP contribution in [0.5, 0.6) is 0 Å². The molecule has 2 aromatic heterocycles. The summed E-state index contributed by atoms with van der Waals surface area (Å²) >= 11 is 0. The van der Waals surface area contributed by atoms with Gasteiger partial charge in [-0.15, -0.1) is 5.10 Å². The molecule has 0 saturated carbocycles. The van der Waals surface area contributed by atoms with Gasteiger partial charge in [0, 0.05) is 17.3 Å². The minimum absolute atomic E-state index is 0.188. The molecule has 4 aromatic rings. The van der Waals surface area contributed by atoms with Crippen LogP contribution in [0.1, 0.15) is 11.1 Å². The van der Waals surface area contributed by atoms with Crippen molar-refractivity contribution >= 4 is 11.6 Å². The van der Waals surface area contributed by atoms with E-state index < -0.39 is 0 Å². The zero-order valence-electron chi connectivity index (χ0n) is 16.5. The van der Waals surface area contributed by atoms with Crippen molar-refractivity contribution in [2.45, 2.75) is 20.4 Å². The number of anilines is 1. The first kappa shape index (κ1) is 19.2. The molecule has 1 amide bonds. The Bertz CT molecular complexity index is 1260. The van der Waals surface area contributed by atoms with Crippen LogP contribution in [-0.2, 0) is 11.3 Å². The highest BCUT2D eigenvalue weighted by Crippen LogP contribution is 2.20. The fraction of sp³-hybridized carbons (Fsp3) is 0.143. The quantitative estimate of drug-likeness (QED) is 0.549. The average molecular weight is 401 g/mol. The van der Waals surface area contributed by atoms with Crippen LogP contribution < -0.4 is 10.9 Å². The summed E-state index contributed by atoms with van der Waals surface area (Å²) in [7, 11) is 0. The molecule has 0 radical (unpaired) electrons. The van der Waals surface area contributed by atoms with Crippen molar-refractivity contribution in [2.24, 2.45) is 0 Å². The molecule has 0 saturated heterocycles. The van der Waals surface area contributed by atoms with Gasteiger partial charge < -0.3 is 5.32 Å². The van der Waals surface area contributed by atoms with E-state index in [4.69, 9.17) is 0 Å². The Hall–Kier alpha value is -4.14. The summed E-state index contributed by atoms with van der Waals surface area (Å²) in [6, 6.07) is 16.2. The second-order valence-corrected chi connectivity index (χ2v) is 6.83. The molecule has 150 valence electrons. The molecule has 0 aliphatic rings. The minimum atomic E-state index is -0.346. The minimum Gasteiger partial charge on any atom is -0.324 e. The average Bonchev–Trinajstić information content (AvgIpc) is 3.25. The smallest absolute Gasteiger partial charge is 0.267 e. The van der Waals surface area contributed by atoms with Gasteiger partial charge in [-0.2, -0.15) is 5.10 Å². The molecule has 9 nitrogen and oxygen atoms in total. The monoisotopic (exact) mass is 401 g/mol. The van der Waals surface area contributed by atoms with E-state index in [9.17, 15) is 9.59 Å². The molecule has 0 bridgehead atoms. The summed E-state index contributed by atoms with van der Waals surface area (Å²) in [5, 5.41) is 18.3. The molecule has 30 heavy (non-hydrogen) atoms. The van der Waals surface area contributed by atoms with E-state index in [2.05, 4.69) is 25.9 Å². The van der Waals surface area contributed by atoms with Crippen LogP contribution in [0.2, 0.25) is 0 Å².